The van der Waals surface area contributed by atoms with Gasteiger partial charge in [-0.25, -0.2) is 0 Å². The first-order chi connectivity index (χ1) is 6.45. The Hall–Kier alpha value is -0.0505. The maximum atomic E-state index is 10.4. The molecule has 15 heavy (non-hydrogen) atoms. The second kappa shape index (κ2) is 13.9. The Morgan fingerprint density at radius 2 is 1.67 bits per heavy atom. The Bertz CT molecular complexity index is 135. The van der Waals surface area contributed by atoms with Crippen molar-refractivity contribution in [2.45, 2.75) is 59.5 Å². The molecule has 0 rings (SSSR count). The SMILES string of the molecule is CC(C)O.CCCCC(CC)C(=O)O.[Cu]. The predicted molar refractivity (Wildman–Crippen MR) is 58.3 cm³/mol. The fraction of sp³-hybridized carbons (Fsp3) is 0.909. The second-order valence-electron chi connectivity index (χ2n) is 3.68. The number of carbonyl (C=O) groups is 1. The quantitative estimate of drug-likeness (QED) is 0.753. The van der Waals surface area contributed by atoms with Crippen molar-refractivity contribution in [3.8, 4) is 0 Å². The molecule has 1 radical (unpaired) electrons. The zero-order chi connectivity index (χ0) is 11.6. The second-order valence-corrected chi connectivity index (χ2v) is 3.68. The Labute approximate surface area is 104 Å². The van der Waals surface area contributed by atoms with Crippen LogP contribution in [0.4, 0.5) is 0 Å². The molecule has 0 amide bonds. The molecule has 0 aliphatic carbocycles. The van der Waals surface area contributed by atoms with Crippen molar-refractivity contribution in [3.05, 3.63) is 0 Å². The molecule has 4 heteroatoms. The summed E-state index contributed by atoms with van der Waals surface area (Å²) in [4.78, 5) is 10.4. The number of carboxylic acid groups (broad SMARTS) is 1. The maximum Gasteiger partial charge on any atom is 0.306 e. The molecule has 0 bridgehead atoms. The Kier molecular flexibility index (Phi) is 18.9. The minimum absolute atomic E-state index is 0. The summed E-state index contributed by atoms with van der Waals surface area (Å²) in [7, 11) is 0. The van der Waals surface area contributed by atoms with Gasteiger partial charge >= 0.3 is 5.97 Å². The van der Waals surface area contributed by atoms with Crippen LogP contribution in [0.5, 0.6) is 0 Å². The van der Waals surface area contributed by atoms with E-state index in [2.05, 4.69) is 6.92 Å². The van der Waals surface area contributed by atoms with E-state index in [1.54, 1.807) is 13.8 Å². The van der Waals surface area contributed by atoms with E-state index in [-0.39, 0.29) is 29.1 Å². The number of hydrogen-bond donors (Lipinski definition) is 2. The van der Waals surface area contributed by atoms with Gasteiger partial charge in [0.15, 0.2) is 0 Å². The predicted octanol–water partition coefficient (Wildman–Crippen LogP) is 2.67. The molecular weight excluding hydrogens is 244 g/mol. The van der Waals surface area contributed by atoms with Crippen molar-refractivity contribution in [2.24, 2.45) is 5.92 Å². The van der Waals surface area contributed by atoms with Crippen LogP contribution in [0.2, 0.25) is 0 Å². The van der Waals surface area contributed by atoms with Crippen LogP contribution in [-0.2, 0) is 21.9 Å². The van der Waals surface area contributed by atoms with E-state index in [0.717, 1.165) is 25.7 Å². The minimum atomic E-state index is -0.643. The summed E-state index contributed by atoms with van der Waals surface area (Å²) < 4.78 is 0. The molecule has 0 saturated carbocycles. The summed E-state index contributed by atoms with van der Waals surface area (Å²) in [5, 5.41) is 16.7. The van der Waals surface area contributed by atoms with Crippen LogP contribution in [0.3, 0.4) is 0 Å². The van der Waals surface area contributed by atoms with Crippen LogP contribution in [0.25, 0.3) is 0 Å². The zero-order valence-electron chi connectivity index (χ0n) is 10.1. The van der Waals surface area contributed by atoms with Gasteiger partial charge in [-0.15, -0.1) is 0 Å². The van der Waals surface area contributed by atoms with Crippen LogP contribution in [0.1, 0.15) is 53.4 Å². The molecule has 1 unspecified atom stereocenters. The van der Waals surface area contributed by atoms with Crippen molar-refractivity contribution >= 4 is 5.97 Å². The summed E-state index contributed by atoms with van der Waals surface area (Å²) in [5.74, 6) is -0.754. The van der Waals surface area contributed by atoms with E-state index >= 15 is 0 Å². The Balaban J connectivity index is -0.000000249. The zero-order valence-corrected chi connectivity index (χ0v) is 11.0. The fourth-order valence-corrected chi connectivity index (χ4v) is 0.953. The normalized spacial score (nSPS) is 11.1. The van der Waals surface area contributed by atoms with Crippen molar-refractivity contribution in [1.82, 2.24) is 0 Å². The number of hydrogen-bond acceptors (Lipinski definition) is 2. The fourth-order valence-electron chi connectivity index (χ4n) is 0.953. The number of carboxylic acids is 1. The average molecular weight is 268 g/mol. The molecule has 0 saturated heterocycles. The number of unbranched alkanes of at least 4 members (excludes halogenated alkanes) is 1. The van der Waals surface area contributed by atoms with Gasteiger partial charge in [0.1, 0.15) is 0 Å². The van der Waals surface area contributed by atoms with Gasteiger partial charge in [-0.3, -0.25) is 4.79 Å². The maximum absolute atomic E-state index is 10.4. The van der Waals surface area contributed by atoms with Crippen molar-refractivity contribution in [2.75, 3.05) is 0 Å². The van der Waals surface area contributed by atoms with Gasteiger partial charge in [0.2, 0.25) is 0 Å². The van der Waals surface area contributed by atoms with Crippen molar-refractivity contribution in [3.63, 3.8) is 0 Å². The van der Waals surface area contributed by atoms with E-state index in [9.17, 15) is 4.79 Å². The molecule has 0 aromatic carbocycles. The topological polar surface area (TPSA) is 57.5 Å². The summed E-state index contributed by atoms with van der Waals surface area (Å²) >= 11 is 0. The molecule has 2 N–H and O–H groups in total. The van der Waals surface area contributed by atoms with Gasteiger partial charge in [0.25, 0.3) is 0 Å². The minimum Gasteiger partial charge on any atom is -0.481 e. The van der Waals surface area contributed by atoms with E-state index in [1.165, 1.54) is 0 Å². The van der Waals surface area contributed by atoms with E-state index in [1.807, 2.05) is 6.92 Å². The van der Waals surface area contributed by atoms with Crippen LogP contribution in [-0.4, -0.2) is 22.3 Å². The van der Waals surface area contributed by atoms with Gasteiger partial charge in [0, 0.05) is 23.2 Å². The number of aliphatic carboxylic acids is 1. The molecule has 0 aliphatic rings. The Morgan fingerprint density at radius 1 is 1.27 bits per heavy atom. The van der Waals surface area contributed by atoms with Crippen LogP contribution < -0.4 is 0 Å². The van der Waals surface area contributed by atoms with Crippen LogP contribution in [0.15, 0.2) is 0 Å². The number of aliphatic hydroxyl groups excluding tert-OH is 1. The first kappa shape index (κ1) is 20.4. The summed E-state index contributed by atoms with van der Waals surface area (Å²) in [5.41, 5.74) is 0. The standard InChI is InChI=1S/C8H16O2.C3H8O.Cu/c1-3-5-6-7(4-2)8(9)10;1-3(2)4;/h7H,3-6H2,1-2H3,(H,9,10);3-4H,1-2H3;. The molecule has 0 aromatic heterocycles. The largest absolute Gasteiger partial charge is 0.481 e. The van der Waals surface area contributed by atoms with Gasteiger partial charge in [-0.2, -0.15) is 0 Å². The molecule has 0 spiro atoms. The third-order valence-electron chi connectivity index (χ3n) is 1.75. The third-order valence-corrected chi connectivity index (χ3v) is 1.75. The van der Waals surface area contributed by atoms with Crippen molar-refractivity contribution in [1.29, 1.82) is 0 Å². The monoisotopic (exact) mass is 267 g/mol. The van der Waals surface area contributed by atoms with Crippen molar-refractivity contribution < 1.29 is 32.1 Å². The number of rotatable bonds is 5. The van der Waals surface area contributed by atoms with Crippen LogP contribution in [0, 0.1) is 5.92 Å². The van der Waals surface area contributed by atoms with Gasteiger partial charge in [-0.1, -0.05) is 26.7 Å². The molecule has 0 fully saturated rings. The van der Waals surface area contributed by atoms with Gasteiger partial charge in [-0.05, 0) is 26.7 Å². The van der Waals surface area contributed by atoms with Gasteiger partial charge < -0.3 is 10.2 Å². The summed E-state index contributed by atoms with van der Waals surface area (Å²) in [6.45, 7) is 7.45. The Morgan fingerprint density at radius 3 is 1.87 bits per heavy atom. The average Bonchev–Trinajstić information content (AvgIpc) is 2.04. The molecule has 0 aliphatic heterocycles. The number of aliphatic hydroxyl groups is 1. The smallest absolute Gasteiger partial charge is 0.306 e. The summed E-state index contributed by atoms with van der Waals surface area (Å²) in [6, 6.07) is 0. The van der Waals surface area contributed by atoms with E-state index < -0.39 is 5.97 Å². The first-order valence-electron chi connectivity index (χ1n) is 5.36. The molecular formula is C11H24CuO3. The molecule has 1 atom stereocenters. The first-order valence-corrected chi connectivity index (χ1v) is 5.36. The summed E-state index contributed by atoms with van der Waals surface area (Å²) in [6.07, 6.45) is 3.55. The third kappa shape index (κ3) is 20.1. The molecule has 97 valence electrons. The van der Waals surface area contributed by atoms with Crippen LogP contribution >= 0.6 is 0 Å². The van der Waals surface area contributed by atoms with E-state index in [0.29, 0.717) is 0 Å². The van der Waals surface area contributed by atoms with E-state index in [4.69, 9.17) is 10.2 Å². The molecule has 3 nitrogen and oxygen atoms in total. The molecule has 0 heterocycles. The van der Waals surface area contributed by atoms with Gasteiger partial charge in [0.05, 0.1) is 5.92 Å². The molecule has 0 aromatic rings.